The Balaban J connectivity index is 2.17. The van der Waals surface area contributed by atoms with E-state index in [2.05, 4.69) is 5.32 Å². The number of methoxy groups -OCH3 is 1. The van der Waals surface area contributed by atoms with Crippen LogP contribution >= 0.6 is 0 Å². The number of nitrogens with zero attached hydrogens (tertiary/aromatic N) is 1. The fourth-order valence-corrected chi connectivity index (χ4v) is 2.84. The van der Waals surface area contributed by atoms with Crippen LogP contribution in [0.4, 0.5) is 5.69 Å². The molecule has 0 aliphatic carbocycles. The highest BCUT2D eigenvalue weighted by atomic mass is 16.5. The third-order valence-electron chi connectivity index (χ3n) is 4.22. The Bertz CT molecular complexity index is 814. The van der Waals surface area contributed by atoms with Gasteiger partial charge in [-0.15, -0.1) is 0 Å². The Morgan fingerprint density at radius 1 is 1.07 bits per heavy atom. The summed E-state index contributed by atoms with van der Waals surface area (Å²) >= 11 is 0. The molecule has 0 bridgehead atoms. The molecular formula is C21H25N3O5. The summed E-state index contributed by atoms with van der Waals surface area (Å²) in [6.45, 7) is -0.0449. The highest BCUT2D eigenvalue weighted by molar-refractivity contribution is 6.02. The average molecular weight is 399 g/mol. The van der Waals surface area contributed by atoms with Gasteiger partial charge in [0.2, 0.25) is 11.8 Å². The number of carboxylic acids is 1. The molecule has 2 amide bonds. The predicted molar refractivity (Wildman–Crippen MR) is 108 cm³/mol. The number of benzene rings is 2. The standard InChI is InChI=1S/C21H25N3O5/c1-29-14-18(15-8-4-2-5-9-15)23-19(25)13-24(16-10-6-3-7-11-16)21(28)17(22)12-20(26)27/h2-11,17-18H,12-14,22H2,1H3,(H,23,25)(H,26,27)/t17-,18-/m0/s1. The minimum absolute atomic E-state index is 0.258. The maximum absolute atomic E-state index is 12.7. The smallest absolute Gasteiger partial charge is 0.305 e. The molecule has 4 N–H and O–H groups in total. The Morgan fingerprint density at radius 3 is 2.21 bits per heavy atom. The second-order valence-electron chi connectivity index (χ2n) is 6.45. The molecule has 29 heavy (non-hydrogen) atoms. The van der Waals surface area contributed by atoms with Gasteiger partial charge in [0.05, 0.1) is 25.1 Å². The average Bonchev–Trinajstić information content (AvgIpc) is 2.72. The van der Waals surface area contributed by atoms with Gasteiger partial charge in [0, 0.05) is 12.8 Å². The van der Waals surface area contributed by atoms with Crippen molar-refractivity contribution in [3.05, 3.63) is 66.2 Å². The lowest BCUT2D eigenvalue weighted by atomic mass is 10.1. The van der Waals surface area contributed by atoms with Gasteiger partial charge in [-0.25, -0.2) is 0 Å². The number of amides is 2. The van der Waals surface area contributed by atoms with Crippen molar-refractivity contribution >= 4 is 23.5 Å². The van der Waals surface area contributed by atoms with Crippen LogP contribution in [0, 0.1) is 0 Å². The third kappa shape index (κ3) is 6.70. The van der Waals surface area contributed by atoms with Crippen molar-refractivity contribution in [1.82, 2.24) is 5.32 Å². The van der Waals surface area contributed by atoms with Gasteiger partial charge in [-0.1, -0.05) is 48.5 Å². The summed E-state index contributed by atoms with van der Waals surface area (Å²) < 4.78 is 5.20. The largest absolute Gasteiger partial charge is 0.481 e. The van der Waals surface area contributed by atoms with E-state index in [4.69, 9.17) is 15.6 Å². The monoisotopic (exact) mass is 399 g/mol. The number of anilines is 1. The molecule has 0 spiro atoms. The fourth-order valence-electron chi connectivity index (χ4n) is 2.84. The zero-order chi connectivity index (χ0) is 21.2. The Hall–Kier alpha value is -3.23. The summed E-state index contributed by atoms with van der Waals surface area (Å²) in [5, 5.41) is 11.8. The number of ether oxygens (including phenoxy) is 1. The minimum Gasteiger partial charge on any atom is -0.481 e. The normalized spacial score (nSPS) is 12.6. The summed E-state index contributed by atoms with van der Waals surface area (Å²) in [4.78, 5) is 37.6. The lowest BCUT2D eigenvalue weighted by Crippen LogP contribution is -2.49. The molecule has 0 aliphatic rings. The van der Waals surface area contributed by atoms with Crippen molar-refractivity contribution in [1.29, 1.82) is 0 Å². The second kappa shape index (κ2) is 10.9. The lowest BCUT2D eigenvalue weighted by molar-refractivity contribution is -0.139. The zero-order valence-electron chi connectivity index (χ0n) is 16.2. The summed E-state index contributed by atoms with van der Waals surface area (Å²) in [5.41, 5.74) is 7.07. The molecule has 0 saturated carbocycles. The molecule has 0 fully saturated rings. The van der Waals surface area contributed by atoms with Gasteiger partial charge in [0.1, 0.15) is 6.54 Å². The van der Waals surface area contributed by atoms with Crippen LogP contribution in [0.2, 0.25) is 0 Å². The van der Waals surface area contributed by atoms with Crippen molar-refractivity contribution in [3.8, 4) is 0 Å². The number of carbonyl (C=O) groups excluding carboxylic acids is 2. The second-order valence-corrected chi connectivity index (χ2v) is 6.45. The van der Waals surface area contributed by atoms with E-state index in [1.807, 2.05) is 30.3 Å². The van der Waals surface area contributed by atoms with Crippen molar-refractivity contribution in [3.63, 3.8) is 0 Å². The van der Waals surface area contributed by atoms with Gasteiger partial charge in [0.25, 0.3) is 0 Å². The van der Waals surface area contributed by atoms with Gasteiger partial charge in [-0.3, -0.25) is 14.4 Å². The van der Waals surface area contributed by atoms with Crippen molar-refractivity contribution in [2.75, 3.05) is 25.2 Å². The predicted octanol–water partition coefficient (Wildman–Crippen LogP) is 1.33. The molecule has 0 aliphatic heterocycles. The van der Waals surface area contributed by atoms with Gasteiger partial charge in [-0.2, -0.15) is 0 Å². The molecular weight excluding hydrogens is 374 g/mol. The van der Waals surface area contributed by atoms with Crippen LogP contribution < -0.4 is 16.0 Å². The first-order valence-electron chi connectivity index (χ1n) is 9.09. The highest BCUT2D eigenvalue weighted by Crippen LogP contribution is 2.16. The van der Waals surface area contributed by atoms with E-state index < -0.39 is 36.3 Å². The van der Waals surface area contributed by atoms with Crippen LogP contribution in [0.15, 0.2) is 60.7 Å². The maximum Gasteiger partial charge on any atom is 0.305 e. The molecule has 8 heteroatoms. The summed E-state index contributed by atoms with van der Waals surface area (Å²) in [7, 11) is 1.53. The van der Waals surface area contributed by atoms with Gasteiger partial charge < -0.3 is 25.8 Å². The minimum atomic E-state index is -1.26. The van der Waals surface area contributed by atoms with Crippen molar-refractivity contribution in [2.24, 2.45) is 5.73 Å². The number of carbonyl (C=O) groups is 3. The summed E-state index contributed by atoms with van der Waals surface area (Å²) in [6.07, 6.45) is -0.528. The van der Waals surface area contributed by atoms with E-state index in [1.54, 1.807) is 30.3 Å². The highest BCUT2D eigenvalue weighted by Gasteiger charge is 2.27. The van der Waals surface area contributed by atoms with Crippen LogP contribution in [-0.4, -0.2) is 49.2 Å². The summed E-state index contributed by atoms with van der Waals surface area (Å²) in [6, 6.07) is 16.2. The first-order valence-corrected chi connectivity index (χ1v) is 9.09. The fraction of sp³-hybridized carbons (Fsp3) is 0.286. The SMILES string of the molecule is COC[C@H](NC(=O)CN(C(=O)[C@@H](N)CC(=O)O)c1ccccc1)c1ccccc1. The Kier molecular flexibility index (Phi) is 8.32. The van der Waals surface area contributed by atoms with E-state index in [-0.39, 0.29) is 13.2 Å². The van der Waals surface area contributed by atoms with E-state index >= 15 is 0 Å². The van der Waals surface area contributed by atoms with Crippen molar-refractivity contribution in [2.45, 2.75) is 18.5 Å². The molecule has 0 heterocycles. The molecule has 0 radical (unpaired) electrons. The molecule has 2 atom stereocenters. The Labute approximate surface area is 169 Å². The molecule has 2 aromatic carbocycles. The van der Waals surface area contributed by atoms with Crippen LogP contribution in [-0.2, 0) is 19.1 Å². The van der Waals surface area contributed by atoms with E-state index in [0.717, 1.165) is 5.56 Å². The lowest BCUT2D eigenvalue weighted by Gasteiger charge is -2.26. The van der Waals surface area contributed by atoms with Crippen LogP contribution in [0.25, 0.3) is 0 Å². The third-order valence-corrected chi connectivity index (χ3v) is 4.22. The van der Waals surface area contributed by atoms with Crippen LogP contribution in [0.3, 0.4) is 0 Å². The molecule has 0 aromatic heterocycles. The maximum atomic E-state index is 12.7. The number of aliphatic carboxylic acids is 1. The number of rotatable bonds is 10. The van der Waals surface area contributed by atoms with Crippen LogP contribution in [0.5, 0.6) is 0 Å². The zero-order valence-corrected chi connectivity index (χ0v) is 16.2. The van der Waals surface area contributed by atoms with Gasteiger partial charge >= 0.3 is 5.97 Å². The topological polar surface area (TPSA) is 122 Å². The van der Waals surface area contributed by atoms with Crippen molar-refractivity contribution < 1.29 is 24.2 Å². The number of nitrogens with one attached hydrogen (secondary N) is 1. The van der Waals surface area contributed by atoms with E-state index in [1.165, 1.54) is 12.0 Å². The molecule has 2 rings (SSSR count). The molecule has 0 unspecified atom stereocenters. The molecule has 2 aromatic rings. The first-order chi connectivity index (χ1) is 13.9. The summed E-state index contributed by atoms with van der Waals surface area (Å²) in [5.74, 6) is -2.25. The number of hydrogen-bond donors (Lipinski definition) is 3. The number of para-hydroxylation sites is 1. The van der Waals surface area contributed by atoms with Crippen LogP contribution in [0.1, 0.15) is 18.0 Å². The Morgan fingerprint density at radius 2 is 1.66 bits per heavy atom. The van der Waals surface area contributed by atoms with Gasteiger partial charge in [-0.05, 0) is 17.7 Å². The number of hydrogen-bond acceptors (Lipinski definition) is 5. The number of nitrogens with two attached hydrogens (primary N) is 1. The molecule has 0 saturated heterocycles. The number of carboxylic acid groups (broad SMARTS) is 1. The first kappa shape index (κ1) is 22.1. The quantitative estimate of drug-likeness (QED) is 0.554. The molecule has 154 valence electrons. The van der Waals surface area contributed by atoms with E-state index in [0.29, 0.717) is 5.69 Å². The molecule has 8 nitrogen and oxygen atoms in total. The van der Waals surface area contributed by atoms with Gasteiger partial charge in [0.15, 0.2) is 0 Å². The van der Waals surface area contributed by atoms with E-state index in [9.17, 15) is 14.4 Å².